The van der Waals surface area contributed by atoms with Crippen molar-refractivity contribution < 1.29 is 0 Å². The molecule has 0 bridgehead atoms. The number of fused-ring (bicyclic) bond motifs is 12. The van der Waals surface area contributed by atoms with Gasteiger partial charge in [-0.05, 0) is 101 Å². The summed E-state index contributed by atoms with van der Waals surface area (Å²) in [7, 11) is 0. The second-order valence-electron chi connectivity index (χ2n) is 17.1. The molecular formula is C50H41N3. The number of hydrogen-bond donors (Lipinski definition) is 0. The minimum atomic E-state index is 0.0102. The van der Waals surface area contributed by atoms with Gasteiger partial charge in [0.2, 0.25) is 0 Å². The van der Waals surface area contributed by atoms with Crippen molar-refractivity contribution in [3.05, 3.63) is 151 Å². The molecule has 0 aliphatic rings. The zero-order valence-corrected chi connectivity index (χ0v) is 31.1. The predicted molar refractivity (Wildman–Crippen MR) is 228 cm³/mol. The third-order valence-electron chi connectivity index (χ3n) is 11.8. The Morgan fingerprint density at radius 3 is 1.36 bits per heavy atom. The van der Waals surface area contributed by atoms with Gasteiger partial charge in [0, 0.05) is 60.2 Å². The fraction of sp³-hybridized carbons (Fsp3) is 0.160. The molecule has 0 unspecified atom stereocenters. The molecule has 4 heterocycles. The minimum absolute atomic E-state index is 0.0102. The van der Waals surface area contributed by atoms with Crippen molar-refractivity contribution in [1.29, 1.82) is 0 Å². The molecule has 0 atom stereocenters. The van der Waals surface area contributed by atoms with E-state index in [0.29, 0.717) is 0 Å². The number of nitrogens with zero attached hydrogens (tertiary/aromatic N) is 3. The average molecular weight is 684 g/mol. The lowest BCUT2D eigenvalue weighted by molar-refractivity contribution is 0.590. The molecule has 0 amide bonds. The van der Waals surface area contributed by atoms with Gasteiger partial charge < -0.3 is 13.7 Å². The van der Waals surface area contributed by atoms with Crippen LogP contribution in [0.1, 0.15) is 52.7 Å². The lowest BCUT2D eigenvalue weighted by Crippen LogP contribution is -2.11. The Morgan fingerprint density at radius 1 is 0.340 bits per heavy atom. The zero-order valence-electron chi connectivity index (χ0n) is 31.1. The van der Waals surface area contributed by atoms with Crippen molar-refractivity contribution in [3.8, 4) is 0 Å². The van der Waals surface area contributed by atoms with Gasteiger partial charge in [-0.1, -0.05) is 102 Å². The Bertz CT molecular complexity index is 3180. The molecule has 4 aromatic heterocycles. The number of benzene rings is 7. The van der Waals surface area contributed by atoms with Gasteiger partial charge in [-0.3, -0.25) is 0 Å². The number of rotatable bonds is 3. The first kappa shape index (κ1) is 30.6. The molecule has 256 valence electrons. The molecule has 53 heavy (non-hydrogen) atoms. The van der Waals surface area contributed by atoms with Crippen LogP contribution >= 0.6 is 0 Å². The van der Waals surface area contributed by atoms with Gasteiger partial charge in [0.25, 0.3) is 0 Å². The fourth-order valence-corrected chi connectivity index (χ4v) is 9.15. The third-order valence-corrected chi connectivity index (χ3v) is 11.8. The first-order valence-corrected chi connectivity index (χ1v) is 18.9. The quantitative estimate of drug-likeness (QED) is 0.180. The normalized spacial score (nSPS) is 13.1. The van der Waals surface area contributed by atoms with Crippen LogP contribution in [0.5, 0.6) is 0 Å². The zero-order chi connectivity index (χ0) is 36.0. The number of aromatic nitrogens is 2. The summed E-state index contributed by atoms with van der Waals surface area (Å²) in [5.41, 5.74) is 13.9. The summed E-state index contributed by atoms with van der Waals surface area (Å²) in [5.74, 6) is 0. The van der Waals surface area contributed by atoms with Gasteiger partial charge in [0.1, 0.15) is 0 Å². The molecule has 11 aromatic rings. The maximum absolute atomic E-state index is 2.55. The molecule has 3 nitrogen and oxygen atoms in total. The second kappa shape index (κ2) is 10.3. The summed E-state index contributed by atoms with van der Waals surface area (Å²) in [4.78, 5) is 2.40. The second-order valence-corrected chi connectivity index (χ2v) is 17.1. The molecular weight excluding hydrogens is 643 g/mol. The lowest BCUT2D eigenvalue weighted by atomic mass is 9.84. The van der Waals surface area contributed by atoms with E-state index >= 15 is 0 Å². The molecule has 0 N–H and O–H groups in total. The standard InChI is InChI=1S/C50H41N3/c1-49(2,3)30-21-22-44-36(23-30)39-24-31(50(4,5)6)25-40-37-28-38-42-27-34(51(32-15-9-7-10-16-32)33-17-11-8-12-18-33)26-41-35-19-13-14-20-43(35)52(48(41)42)46(38)29-45(37)53(44)47(39)40/h7-29H,1-6H3. The van der Waals surface area contributed by atoms with Gasteiger partial charge in [-0.15, -0.1) is 0 Å². The molecule has 0 radical (unpaired) electrons. The highest BCUT2D eigenvalue weighted by Crippen LogP contribution is 2.48. The van der Waals surface area contributed by atoms with E-state index in [1.165, 1.54) is 87.3 Å². The fourth-order valence-electron chi connectivity index (χ4n) is 9.15. The van der Waals surface area contributed by atoms with E-state index in [1.807, 2.05) is 0 Å². The van der Waals surface area contributed by atoms with E-state index in [0.717, 1.165) is 17.1 Å². The molecule has 0 saturated carbocycles. The molecule has 11 rings (SSSR count). The summed E-state index contributed by atoms with van der Waals surface area (Å²) < 4.78 is 5.08. The van der Waals surface area contributed by atoms with E-state index < -0.39 is 0 Å². The molecule has 0 fully saturated rings. The van der Waals surface area contributed by atoms with E-state index in [4.69, 9.17) is 0 Å². The Kier molecular flexibility index (Phi) is 5.93. The molecule has 0 aliphatic heterocycles. The van der Waals surface area contributed by atoms with Gasteiger partial charge in [0.05, 0.1) is 33.1 Å². The molecule has 3 heteroatoms. The largest absolute Gasteiger partial charge is 0.310 e. The molecule has 7 aromatic carbocycles. The highest BCUT2D eigenvalue weighted by molar-refractivity contribution is 6.29. The average Bonchev–Trinajstić information content (AvgIpc) is 3.87. The van der Waals surface area contributed by atoms with Crippen LogP contribution in [0, 0.1) is 0 Å². The smallest absolute Gasteiger partial charge is 0.0622 e. The maximum atomic E-state index is 2.55. The SMILES string of the molecule is CC(C)(C)c1ccc2c(c1)c1cc(C(C)(C)C)cc3c4cc5c6cc(N(c7ccccc7)c7ccccc7)cc7c8ccccc8n(c5cc4n2c13)c76. The maximum Gasteiger partial charge on any atom is 0.0622 e. The lowest BCUT2D eigenvalue weighted by Gasteiger charge is -2.25. The summed E-state index contributed by atoms with van der Waals surface area (Å²) >= 11 is 0. The minimum Gasteiger partial charge on any atom is -0.310 e. The van der Waals surface area contributed by atoms with Crippen molar-refractivity contribution in [3.63, 3.8) is 0 Å². The van der Waals surface area contributed by atoms with Crippen molar-refractivity contribution in [2.24, 2.45) is 0 Å². The third kappa shape index (κ3) is 4.16. The number of hydrogen-bond acceptors (Lipinski definition) is 1. The highest BCUT2D eigenvalue weighted by Gasteiger charge is 2.27. The van der Waals surface area contributed by atoms with E-state index in [-0.39, 0.29) is 10.8 Å². The topological polar surface area (TPSA) is 12.1 Å². The highest BCUT2D eigenvalue weighted by atomic mass is 15.1. The van der Waals surface area contributed by atoms with Crippen LogP contribution < -0.4 is 4.90 Å². The van der Waals surface area contributed by atoms with Crippen LogP contribution in [0.4, 0.5) is 17.1 Å². The van der Waals surface area contributed by atoms with Crippen LogP contribution in [0.15, 0.2) is 140 Å². The number of anilines is 3. The van der Waals surface area contributed by atoms with Crippen LogP contribution in [0.25, 0.3) is 76.2 Å². The van der Waals surface area contributed by atoms with Crippen LogP contribution in [-0.2, 0) is 10.8 Å². The van der Waals surface area contributed by atoms with E-state index in [2.05, 4.69) is 195 Å². The predicted octanol–water partition coefficient (Wildman–Crippen LogP) is 14.1. The Morgan fingerprint density at radius 2 is 0.792 bits per heavy atom. The Labute approximate surface area is 309 Å². The van der Waals surface area contributed by atoms with Gasteiger partial charge in [-0.25, -0.2) is 0 Å². The monoisotopic (exact) mass is 683 g/mol. The summed E-state index contributed by atoms with van der Waals surface area (Å²) in [6, 6.07) is 52.4. The van der Waals surface area contributed by atoms with Crippen LogP contribution in [0.2, 0.25) is 0 Å². The first-order valence-electron chi connectivity index (χ1n) is 18.9. The van der Waals surface area contributed by atoms with Crippen molar-refractivity contribution in [1.82, 2.24) is 8.80 Å². The summed E-state index contributed by atoms with van der Waals surface area (Å²) in [6.07, 6.45) is 0. The van der Waals surface area contributed by atoms with Crippen molar-refractivity contribution >= 4 is 93.3 Å². The van der Waals surface area contributed by atoms with Crippen molar-refractivity contribution in [2.45, 2.75) is 52.4 Å². The van der Waals surface area contributed by atoms with Gasteiger partial charge in [0.15, 0.2) is 0 Å². The first-order chi connectivity index (χ1) is 25.6. The van der Waals surface area contributed by atoms with Crippen LogP contribution in [-0.4, -0.2) is 8.80 Å². The van der Waals surface area contributed by atoms with Crippen molar-refractivity contribution in [2.75, 3.05) is 4.90 Å². The summed E-state index contributed by atoms with van der Waals surface area (Å²) in [6.45, 7) is 14.0. The molecule has 0 saturated heterocycles. The van der Waals surface area contributed by atoms with Crippen LogP contribution in [0.3, 0.4) is 0 Å². The number of para-hydroxylation sites is 3. The molecule has 0 spiro atoms. The summed E-state index contributed by atoms with van der Waals surface area (Å²) in [5, 5.41) is 10.5. The Hall–Kier alpha value is -6.06. The van der Waals surface area contributed by atoms with E-state index in [9.17, 15) is 0 Å². The van der Waals surface area contributed by atoms with Gasteiger partial charge >= 0.3 is 0 Å². The van der Waals surface area contributed by atoms with E-state index in [1.54, 1.807) is 0 Å². The molecule has 0 aliphatic carbocycles. The van der Waals surface area contributed by atoms with Gasteiger partial charge in [-0.2, -0.15) is 0 Å². The Balaban J connectivity index is 1.31.